The number of amides is 1. The molecule has 1 rings (SSSR count). The fourth-order valence-corrected chi connectivity index (χ4v) is 1.82. The molecule has 0 aliphatic rings. The molecule has 100 valence electrons. The minimum absolute atomic E-state index is 0.169. The molecule has 0 bridgehead atoms. The van der Waals surface area contributed by atoms with Gasteiger partial charge in [-0.15, -0.1) is 0 Å². The first kappa shape index (κ1) is 14.8. The van der Waals surface area contributed by atoms with Crippen molar-refractivity contribution >= 4 is 23.2 Å². The summed E-state index contributed by atoms with van der Waals surface area (Å²) in [5.74, 6) is 0.169. The molecule has 1 aromatic rings. The van der Waals surface area contributed by atoms with Crippen molar-refractivity contribution in [3.8, 4) is 0 Å². The molecule has 0 fully saturated rings. The third kappa shape index (κ3) is 4.96. The zero-order valence-corrected chi connectivity index (χ0v) is 11.8. The minimum atomic E-state index is 0.169. The third-order valence-electron chi connectivity index (χ3n) is 2.80. The lowest BCUT2D eigenvalue weighted by Crippen LogP contribution is -2.29. The summed E-state index contributed by atoms with van der Waals surface area (Å²) >= 11 is 6.01. The van der Waals surface area contributed by atoms with Crippen LogP contribution in [0.5, 0.6) is 0 Å². The molecule has 0 aliphatic heterocycles. The summed E-state index contributed by atoms with van der Waals surface area (Å²) in [7, 11) is 1.85. The second-order valence-electron chi connectivity index (χ2n) is 4.33. The molecular weight excluding hydrogens is 248 g/mol. The topological polar surface area (TPSA) is 32.3 Å². The summed E-state index contributed by atoms with van der Waals surface area (Å²) in [4.78, 5) is 13.6. The van der Waals surface area contributed by atoms with Gasteiger partial charge in [0.1, 0.15) is 0 Å². The van der Waals surface area contributed by atoms with E-state index < -0.39 is 0 Å². The van der Waals surface area contributed by atoms with Gasteiger partial charge in [-0.25, -0.2) is 0 Å². The van der Waals surface area contributed by atoms with Crippen LogP contribution in [0.3, 0.4) is 0 Å². The number of nitrogens with zero attached hydrogens (tertiary/aromatic N) is 1. The highest BCUT2D eigenvalue weighted by atomic mass is 35.5. The Hall–Kier alpha value is -1.22. The van der Waals surface area contributed by atoms with Gasteiger partial charge in [0.25, 0.3) is 0 Å². The average molecular weight is 269 g/mol. The van der Waals surface area contributed by atoms with Gasteiger partial charge in [0.05, 0.1) is 10.7 Å². The van der Waals surface area contributed by atoms with E-state index >= 15 is 0 Å². The molecular formula is C14H21ClN2O. The van der Waals surface area contributed by atoms with E-state index in [9.17, 15) is 4.79 Å². The van der Waals surface area contributed by atoms with E-state index in [4.69, 9.17) is 11.6 Å². The third-order valence-corrected chi connectivity index (χ3v) is 3.13. The van der Waals surface area contributed by atoms with Crippen LogP contribution in [0.15, 0.2) is 24.3 Å². The predicted molar refractivity (Wildman–Crippen MR) is 77.1 cm³/mol. The summed E-state index contributed by atoms with van der Waals surface area (Å²) < 4.78 is 0. The molecule has 0 saturated heterocycles. The SMILES string of the molecule is CCCCN(C)C(=O)CCNc1ccccc1Cl. The number of unbranched alkanes of at least 4 members (excludes halogenated alkanes) is 1. The van der Waals surface area contributed by atoms with E-state index in [0.717, 1.165) is 25.1 Å². The van der Waals surface area contributed by atoms with E-state index in [1.54, 1.807) is 4.90 Å². The molecule has 1 N–H and O–H groups in total. The normalized spacial score (nSPS) is 10.2. The van der Waals surface area contributed by atoms with E-state index in [0.29, 0.717) is 18.0 Å². The van der Waals surface area contributed by atoms with Gasteiger partial charge in [-0.05, 0) is 18.6 Å². The molecule has 0 atom stereocenters. The Morgan fingerprint density at radius 1 is 1.39 bits per heavy atom. The molecule has 0 aromatic heterocycles. The van der Waals surface area contributed by atoms with Crippen molar-refractivity contribution in [3.05, 3.63) is 29.3 Å². The lowest BCUT2D eigenvalue weighted by atomic mass is 10.3. The summed E-state index contributed by atoms with van der Waals surface area (Å²) in [5, 5.41) is 3.86. The number of hydrogen-bond acceptors (Lipinski definition) is 2. The summed E-state index contributed by atoms with van der Waals surface area (Å²) in [6.45, 7) is 3.57. The summed E-state index contributed by atoms with van der Waals surface area (Å²) in [6, 6.07) is 7.55. The highest BCUT2D eigenvalue weighted by Gasteiger charge is 2.07. The standard InChI is InChI=1S/C14H21ClN2O/c1-3-4-11-17(2)14(18)9-10-16-13-8-6-5-7-12(13)15/h5-8,16H,3-4,9-11H2,1-2H3. The van der Waals surface area contributed by atoms with Gasteiger partial charge >= 0.3 is 0 Å². The van der Waals surface area contributed by atoms with Gasteiger partial charge in [0.15, 0.2) is 0 Å². The molecule has 0 unspecified atom stereocenters. The number of benzene rings is 1. The van der Waals surface area contributed by atoms with Gasteiger partial charge in [-0.1, -0.05) is 37.1 Å². The Morgan fingerprint density at radius 3 is 2.78 bits per heavy atom. The summed E-state index contributed by atoms with van der Waals surface area (Å²) in [6.07, 6.45) is 2.65. The maximum absolute atomic E-state index is 11.8. The van der Waals surface area contributed by atoms with Gasteiger partial charge in [-0.3, -0.25) is 4.79 Å². The molecule has 18 heavy (non-hydrogen) atoms. The smallest absolute Gasteiger partial charge is 0.224 e. The number of carbonyl (C=O) groups is 1. The number of hydrogen-bond donors (Lipinski definition) is 1. The van der Waals surface area contributed by atoms with Crippen LogP contribution >= 0.6 is 11.6 Å². The molecule has 1 amide bonds. The fourth-order valence-electron chi connectivity index (χ4n) is 1.62. The number of anilines is 1. The number of carbonyl (C=O) groups excluding carboxylic acids is 1. The van der Waals surface area contributed by atoms with Crippen molar-refractivity contribution in [1.29, 1.82) is 0 Å². The maximum atomic E-state index is 11.8. The van der Waals surface area contributed by atoms with Crippen molar-refractivity contribution < 1.29 is 4.79 Å². The second-order valence-corrected chi connectivity index (χ2v) is 4.73. The van der Waals surface area contributed by atoms with Gasteiger partial charge in [-0.2, -0.15) is 0 Å². The molecule has 0 saturated carbocycles. The van der Waals surface area contributed by atoms with Gasteiger partial charge in [0.2, 0.25) is 5.91 Å². The highest BCUT2D eigenvalue weighted by Crippen LogP contribution is 2.20. The first-order valence-electron chi connectivity index (χ1n) is 6.37. The van der Waals surface area contributed by atoms with Crippen LogP contribution in [0.4, 0.5) is 5.69 Å². The Balaban J connectivity index is 2.29. The number of rotatable bonds is 7. The van der Waals surface area contributed by atoms with Crippen LogP contribution in [0, 0.1) is 0 Å². The highest BCUT2D eigenvalue weighted by molar-refractivity contribution is 6.33. The van der Waals surface area contributed by atoms with Crippen LogP contribution in [-0.4, -0.2) is 30.9 Å². The first-order valence-corrected chi connectivity index (χ1v) is 6.75. The van der Waals surface area contributed by atoms with E-state index in [1.807, 2.05) is 31.3 Å². The lowest BCUT2D eigenvalue weighted by molar-refractivity contribution is -0.129. The zero-order valence-electron chi connectivity index (χ0n) is 11.1. The fraction of sp³-hybridized carbons (Fsp3) is 0.500. The maximum Gasteiger partial charge on any atom is 0.224 e. The monoisotopic (exact) mass is 268 g/mol. The molecule has 0 spiro atoms. The molecule has 0 heterocycles. The predicted octanol–water partition coefficient (Wildman–Crippen LogP) is 3.40. The summed E-state index contributed by atoms with van der Waals surface area (Å²) in [5.41, 5.74) is 0.878. The van der Waals surface area contributed by atoms with Crippen molar-refractivity contribution in [3.63, 3.8) is 0 Å². The van der Waals surface area contributed by atoms with Crippen molar-refractivity contribution in [2.45, 2.75) is 26.2 Å². The molecule has 3 nitrogen and oxygen atoms in total. The van der Waals surface area contributed by atoms with Crippen molar-refractivity contribution in [2.24, 2.45) is 0 Å². The molecule has 0 aliphatic carbocycles. The van der Waals surface area contributed by atoms with E-state index in [1.165, 1.54) is 0 Å². The van der Waals surface area contributed by atoms with E-state index in [2.05, 4.69) is 12.2 Å². The minimum Gasteiger partial charge on any atom is -0.383 e. The van der Waals surface area contributed by atoms with Crippen molar-refractivity contribution in [1.82, 2.24) is 4.90 Å². The molecule has 4 heteroatoms. The average Bonchev–Trinajstić information content (AvgIpc) is 2.38. The zero-order chi connectivity index (χ0) is 13.4. The Bertz CT molecular complexity index is 382. The van der Waals surface area contributed by atoms with E-state index in [-0.39, 0.29) is 5.91 Å². The largest absolute Gasteiger partial charge is 0.383 e. The second kappa shape index (κ2) is 7.98. The number of halogens is 1. The van der Waals surface area contributed by atoms with Crippen LogP contribution in [-0.2, 0) is 4.79 Å². The first-order chi connectivity index (χ1) is 8.65. The molecule has 1 aromatic carbocycles. The van der Waals surface area contributed by atoms with Crippen LogP contribution in [0.25, 0.3) is 0 Å². The van der Waals surface area contributed by atoms with Gasteiger partial charge in [0, 0.05) is 26.6 Å². The molecule has 0 radical (unpaired) electrons. The van der Waals surface area contributed by atoms with Crippen LogP contribution in [0.1, 0.15) is 26.2 Å². The lowest BCUT2D eigenvalue weighted by Gasteiger charge is -2.17. The Labute approximate surface area is 114 Å². The number of nitrogens with one attached hydrogen (secondary N) is 1. The van der Waals surface area contributed by atoms with Gasteiger partial charge < -0.3 is 10.2 Å². The van der Waals surface area contributed by atoms with Crippen LogP contribution in [0.2, 0.25) is 5.02 Å². The van der Waals surface area contributed by atoms with Crippen LogP contribution < -0.4 is 5.32 Å². The number of para-hydroxylation sites is 1. The Kier molecular flexibility index (Phi) is 6.58. The Morgan fingerprint density at radius 2 is 2.11 bits per heavy atom. The van der Waals surface area contributed by atoms with Crippen molar-refractivity contribution in [2.75, 3.05) is 25.5 Å². The quantitative estimate of drug-likeness (QED) is 0.822.